The van der Waals surface area contributed by atoms with Crippen LogP contribution in [0.15, 0.2) is 5.51 Å². The lowest BCUT2D eigenvalue weighted by atomic mass is 9.94. The van der Waals surface area contributed by atoms with Crippen molar-refractivity contribution in [2.24, 2.45) is 0 Å². The fraction of sp³-hybridized carbons (Fsp3) is 0.538. The molecule has 1 aliphatic rings. The van der Waals surface area contributed by atoms with Gasteiger partial charge in [-0.05, 0) is 27.7 Å². The molecule has 0 bridgehead atoms. The number of hydrogen-bond acceptors (Lipinski definition) is 6. The van der Waals surface area contributed by atoms with Gasteiger partial charge in [0, 0.05) is 4.88 Å². The molecule has 0 spiro atoms. The smallest absolute Gasteiger partial charge is 0.407 e. The minimum absolute atomic E-state index is 0.149. The molecular formula is C13H18N4O4S. The molecule has 0 saturated carbocycles. The molecule has 1 aromatic heterocycles. The highest BCUT2D eigenvalue weighted by atomic mass is 32.1. The molecule has 0 aromatic carbocycles. The normalized spacial score (nSPS) is 21.3. The van der Waals surface area contributed by atoms with Crippen molar-refractivity contribution < 1.29 is 19.1 Å². The van der Waals surface area contributed by atoms with Crippen molar-refractivity contribution in [3.8, 4) is 0 Å². The van der Waals surface area contributed by atoms with Crippen molar-refractivity contribution in [2.45, 2.75) is 38.8 Å². The summed E-state index contributed by atoms with van der Waals surface area (Å²) in [4.78, 5) is 40.5. The molecule has 3 N–H and O–H groups in total. The Balaban J connectivity index is 2.21. The van der Waals surface area contributed by atoms with Crippen molar-refractivity contribution in [3.63, 3.8) is 0 Å². The van der Waals surface area contributed by atoms with Gasteiger partial charge in [-0.2, -0.15) is 0 Å². The zero-order chi connectivity index (χ0) is 16.5. The fourth-order valence-electron chi connectivity index (χ4n) is 2.10. The molecule has 1 aliphatic heterocycles. The second kappa shape index (κ2) is 5.56. The van der Waals surface area contributed by atoms with Crippen molar-refractivity contribution in [2.75, 3.05) is 6.54 Å². The highest BCUT2D eigenvalue weighted by Gasteiger charge is 2.50. The van der Waals surface area contributed by atoms with Crippen LogP contribution in [0, 0.1) is 6.92 Å². The largest absolute Gasteiger partial charge is 0.444 e. The maximum Gasteiger partial charge on any atom is 0.407 e. The Hall–Kier alpha value is -2.16. The van der Waals surface area contributed by atoms with Crippen LogP contribution in [-0.2, 0) is 15.1 Å². The molecular weight excluding hydrogens is 308 g/mol. The van der Waals surface area contributed by atoms with Crippen molar-refractivity contribution in [1.82, 2.24) is 20.9 Å². The van der Waals surface area contributed by atoms with Crippen molar-refractivity contribution in [1.29, 1.82) is 0 Å². The summed E-state index contributed by atoms with van der Waals surface area (Å²) in [5.41, 5.74) is -0.0815. The quantitative estimate of drug-likeness (QED) is 0.718. The number of aryl methyl sites for hydroxylation is 1. The predicted octanol–water partition coefficient (Wildman–Crippen LogP) is 1.01. The lowest BCUT2D eigenvalue weighted by molar-refractivity contribution is -0.124. The first-order valence-electron chi connectivity index (χ1n) is 6.65. The minimum atomic E-state index is -1.42. The maximum atomic E-state index is 12.2. The number of imide groups is 1. The second-order valence-corrected chi connectivity index (χ2v) is 6.99. The number of hydrogen-bond donors (Lipinski definition) is 3. The molecule has 2 rings (SSSR count). The zero-order valence-corrected chi connectivity index (χ0v) is 13.6. The van der Waals surface area contributed by atoms with Crippen molar-refractivity contribution in [3.05, 3.63) is 16.1 Å². The predicted molar refractivity (Wildman–Crippen MR) is 79.4 cm³/mol. The van der Waals surface area contributed by atoms with Gasteiger partial charge < -0.3 is 15.4 Å². The van der Waals surface area contributed by atoms with Gasteiger partial charge in [-0.3, -0.25) is 10.1 Å². The number of alkyl carbamates (subject to hydrolysis) is 1. The van der Waals surface area contributed by atoms with Gasteiger partial charge in [0.2, 0.25) is 0 Å². The SMILES string of the molecule is Cc1scnc1C1(CNC(=O)OC(C)(C)C)NC(=O)NC1=O. The molecule has 1 atom stereocenters. The molecule has 120 valence electrons. The summed E-state index contributed by atoms with van der Waals surface area (Å²) >= 11 is 1.35. The van der Waals surface area contributed by atoms with E-state index in [0.29, 0.717) is 5.69 Å². The minimum Gasteiger partial charge on any atom is -0.444 e. The van der Waals surface area contributed by atoms with Gasteiger partial charge >= 0.3 is 12.1 Å². The number of nitrogens with zero attached hydrogens (tertiary/aromatic N) is 1. The summed E-state index contributed by atoms with van der Waals surface area (Å²) in [5.74, 6) is -0.553. The monoisotopic (exact) mass is 326 g/mol. The third-order valence-corrected chi connectivity index (χ3v) is 3.75. The first-order chi connectivity index (χ1) is 10.1. The van der Waals surface area contributed by atoms with Crippen molar-refractivity contribution >= 4 is 29.4 Å². The van der Waals surface area contributed by atoms with Crippen LogP contribution in [0.2, 0.25) is 0 Å². The van der Waals surface area contributed by atoms with Gasteiger partial charge in [-0.1, -0.05) is 0 Å². The molecule has 1 unspecified atom stereocenters. The van der Waals surface area contributed by atoms with E-state index in [2.05, 4.69) is 20.9 Å². The number of thiazole rings is 1. The standard InChI is InChI=1S/C13H18N4O4S/c1-7-8(15-6-22-7)13(9(18)16-10(19)17-13)5-14-11(20)21-12(2,3)4/h6H,5H2,1-4H3,(H,14,20)(H2,16,17,18,19). The first kappa shape index (κ1) is 16.2. The number of urea groups is 1. The van der Waals surface area contributed by atoms with E-state index in [9.17, 15) is 14.4 Å². The Kier molecular flexibility index (Phi) is 4.10. The van der Waals surface area contributed by atoms with E-state index in [1.165, 1.54) is 11.3 Å². The highest BCUT2D eigenvalue weighted by Crippen LogP contribution is 2.28. The second-order valence-electron chi connectivity index (χ2n) is 5.93. The average Bonchev–Trinajstić information content (AvgIpc) is 2.89. The average molecular weight is 326 g/mol. The number of aromatic nitrogens is 1. The molecule has 0 aliphatic carbocycles. The van der Waals surface area contributed by atoms with Crippen LogP contribution >= 0.6 is 11.3 Å². The molecule has 4 amide bonds. The summed E-state index contributed by atoms with van der Waals surface area (Å²) in [7, 11) is 0. The molecule has 9 heteroatoms. The van der Waals surface area contributed by atoms with Gasteiger partial charge in [0.05, 0.1) is 17.7 Å². The highest BCUT2D eigenvalue weighted by molar-refractivity contribution is 7.09. The Bertz CT molecular complexity index is 622. The third kappa shape index (κ3) is 3.19. The zero-order valence-electron chi connectivity index (χ0n) is 12.8. The molecule has 1 saturated heterocycles. The van der Waals surface area contributed by atoms with Crippen LogP contribution in [0.5, 0.6) is 0 Å². The van der Waals surface area contributed by atoms with Crippen LogP contribution in [0.1, 0.15) is 31.3 Å². The van der Waals surface area contributed by atoms with E-state index in [4.69, 9.17) is 4.74 Å². The van der Waals surface area contributed by atoms with Crippen LogP contribution in [0.3, 0.4) is 0 Å². The Labute approximate surface area is 131 Å². The maximum absolute atomic E-state index is 12.2. The van der Waals surface area contributed by atoms with Gasteiger partial charge in [0.25, 0.3) is 5.91 Å². The van der Waals surface area contributed by atoms with Crippen LogP contribution in [0.25, 0.3) is 0 Å². The molecule has 0 radical (unpaired) electrons. The summed E-state index contributed by atoms with van der Waals surface area (Å²) in [5, 5.41) is 7.25. The first-order valence-corrected chi connectivity index (χ1v) is 7.53. The van der Waals surface area contributed by atoms with E-state index in [0.717, 1.165) is 4.88 Å². The number of nitrogens with one attached hydrogen (secondary N) is 3. The topological polar surface area (TPSA) is 109 Å². The molecule has 1 aromatic rings. The summed E-state index contributed by atoms with van der Waals surface area (Å²) in [6, 6.07) is -0.622. The lowest BCUT2D eigenvalue weighted by Gasteiger charge is -2.26. The lowest BCUT2D eigenvalue weighted by Crippen LogP contribution is -2.53. The van der Waals surface area contributed by atoms with E-state index in [1.54, 1.807) is 33.2 Å². The van der Waals surface area contributed by atoms with Gasteiger partial charge in [-0.25, -0.2) is 14.6 Å². The van der Waals surface area contributed by atoms with E-state index in [1.807, 2.05) is 0 Å². The van der Waals surface area contributed by atoms with Gasteiger partial charge in [-0.15, -0.1) is 11.3 Å². The van der Waals surface area contributed by atoms with Gasteiger partial charge in [0.15, 0.2) is 5.54 Å². The van der Waals surface area contributed by atoms with E-state index < -0.39 is 29.2 Å². The van der Waals surface area contributed by atoms with Gasteiger partial charge in [0.1, 0.15) is 5.60 Å². The third-order valence-electron chi connectivity index (χ3n) is 2.99. The number of carbonyl (C=O) groups is 3. The van der Waals surface area contributed by atoms with Crippen LogP contribution in [-0.4, -0.2) is 35.2 Å². The Morgan fingerprint density at radius 2 is 2.14 bits per heavy atom. The molecule has 22 heavy (non-hydrogen) atoms. The Morgan fingerprint density at radius 3 is 2.59 bits per heavy atom. The van der Waals surface area contributed by atoms with Crippen LogP contribution in [0.4, 0.5) is 9.59 Å². The summed E-state index contributed by atoms with van der Waals surface area (Å²) in [6.07, 6.45) is -0.672. The summed E-state index contributed by atoms with van der Waals surface area (Å²) in [6.45, 7) is 6.84. The Morgan fingerprint density at radius 1 is 1.45 bits per heavy atom. The fourth-order valence-corrected chi connectivity index (χ4v) is 2.76. The van der Waals surface area contributed by atoms with Crippen LogP contribution < -0.4 is 16.0 Å². The van der Waals surface area contributed by atoms with E-state index in [-0.39, 0.29) is 6.54 Å². The number of amides is 4. The molecule has 8 nitrogen and oxygen atoms in total. The van der Waals surface area contributed by atoms with E-state index >= 15 is 0 Å². The number of carbonyl (C=O) groups excluding carboxylic acids is 3. The number of rotatable bonds is 3. The molecule has 1 fully saturated rings. The summed E-state index contributed by atoms with van der Waals surface area (Å²) < 4.78 is 5.14. The molecule has 2 heterocycles. The number of ether oxygens (including phenoxy) is 1.